The Labute approximate surface area is 175 Å². The zero-order chi connectivity index (χ0) is 20.6. The van der Waals surface area contributed by atoms with Gasteiger partial charge in [0.15, 0.2) is 0 Å². The zero-order valence-electron chi connectivity index (χ0n) is 16.9. The van der Waals surface area contributed by atoms with Gasteiger partial charge in [0.25, 0.3) is 0 Å². The Hall–Kier alpha value is -2.61. The summed E-state index contributed by atoms with van der Waals surface area (Å²) in [6, 6.07) is 9.63. The van der Waals surface area contributed by atoms with Crippen LogP contribution in [0.25, 0.3) is 0 Å². The molecule has 0 radical (unpaired) electrons. The number of aryl methyl sites for hydroxylation is 1. The average molecular weight is 414 g/mol. The van der Waals surface area contributed by atoms with Gasteiger partial charge in [0.2, 0.25) is 11.8 Å². The molecule has 2 aromatic rings. The number of rotatable bonds is 7. The van der Waals surface area contributed by atoms with Crippen molar-refractivity contribution in [2.24, 2.45) is 5.92 Å². The third-order valence-corrected chi connectivity index (χ3v) is 5.78. The predicted octanol–water partition coefficient (Wildman–Crippen LogP) is 2.87. The number of hydrogen-bond donors (Lipinski definition) is 2. The summed E-state index contributed by atoms with van der Waals surface area (Å²) in [5, 5.41) is 6.56. The molecule has 0 atom stereocenters. The number of nitrogens with zero attached hydrogens (tertiary/aromatic N) is 3. The van der Waals surface area contributed by atoms with E-state index in [2.05, 4.69) is 25.5 Å². The first-order valence-corrected chi connectivity index (χ1v) is 10.9. The highest BCUT2D eigenvalue weighted by molar-refractivity contribution is 7.99. The maximum Gasteiger partial charge on any atom is 0.234 e. The van der Waals surface area contributed by atoms with Crippen LogP contribution in [0.3, 0.4) is 0 Å². The van der Waals surface area contributed by atoms with Crippen molar-refractivity contribution >= 4 is 35.1 Å². The predicted molar refractivity (Wildman–Crippen MR) is 116 cm³/mol. The molecule has 0 spiro atoms. The number of piperidine rings is 1. The van der Waals surface area contributed by atoms with Crippen LogP contribution in [0.1, 0.15) is 25.3 Å². The molecule has 8 heteroatoms. The normalized spacial score (nSPS) is 14.5. The van der Waals surface area contributed by atoms with Crippen LogP contribution in [-0.2, 0) is 9.59 Å². The molecule has 0 bridgehead atoms. The Balaban J connectivity index is 1.50. The van der Waals surface area contributed by atoms with E-state index in [1.165, 1.54) is 18.1 Å². The van der Waals surface area contributed by atoms with Crippen molar-refractivity contribution < 1.29 is 9.59 Å². The van der Waals surface area contributed by atoms with E-state index in [1.54, 1.807) is 0 Å². The topological polar surface area (TPSA) is 87.2 Å². The molecule has 0 aliphatic carbocycles. The average Bonchev–Trinajstić information content (AvgIpc) is 2.74. The van der Waals surface area contributed by atoms with Gasteiger partial charge in [0.05, 0.1) is 5.75 Å². The molecule has 2 amide bonds. The van der Waals surface area contributed by atoms with Crippen LogP contribution in [0.2, 0.25) is 0 Å². The summed E-state index contributed by atoms with van der Waals surface area (Å²) in [5.74, 6) is 1.28. The molecular formula is C21H27N5O2S. The summed E-state index contributed by atoms with van der Waals surface area (Å²) in [5.41, 5.74) is 1.94. The number of hydrogen-bond acceptors (Lipinski definition) is 6. The van der Waals surface area contributed by atoms with E-state index in [4.69, 9.17) is 0 Å². The van der Waals surface area contributed by atoms with Crippen molar-refractivity contribution in [3.05, 3.63) is 42.2 Å². The second-order valence-electron chi connectivity index (χ2n) is 7.07. The van der Waals surface area contributed by atoms with E-state index in [1.807, 2.05) is 44.2 Å². The summed E-state index contributed by atoms with van der Waals surface area (Å²) < 4.78 is 0. The Bertz CT molecular complexity index is 835. The largest absolute Gasteiger partial charge is 0.356 e. The van der Waals surface area contributed by atoms with Crippen LogP contribution in [0.4, 0.5) is 11.5 Å². The number of carbonyl (C=O) groups excluding carboxylic acids is 2. The van der Waals surface area contributed by atoms with Crippen LogP contribution in [0.5, 0.6) is 0 Å². The van der Waals surface area contributed by atoms with Gasteiger partial charge in [-0.15, -0.1) is 0 Å². The summed E-state index contributed by atoms with van der Waals surface area (Å²) in [4.78, 5) is 35.0. The van der Waals surface area contributed by atoms with E-state index < -0.39 is 0 Å². The third kappa shape index (κ3) is 6.19. The molecule has 1 aliphatic rings. The fraction of sp³-hybridized carbons (Fsp3) is 0.429. The van der Waals surface area contributed by atoms with Crippen LogP contribution >= 0.6 is 11.8 Å². The second kappa shape index (κ2) is 10.2. The Kier molecular flexibility index (Phi) is 7.46. The standard InChI is InChI=1S/C21H27N5O2S/c1-3-22-21(28)16-8-10-26(11-9-16)18-12-20(24-14-23-18)29-13-19(27)25-17-6-4-15(2)5-7-17/h4-7,12,14,16H,3,8-11,13H2,1-2H3,(H,22,28)(H,25,27). The first-order chi connectivity index (χ1) is 14.0. The summed E-state index contributed by atoms with van der Waals surface area (Å²) in [7, 11) is 0. The quantitative estimate of drug-likeness (QED) is 0.536. The van der Waals surface area contributed by atoms with E-state index in [0.29, 0.717) is 6.54 Å². The number of thioether (sulfide) groups is 1. The number of nitrogens with one attached hydrogen (secondary N) is 2. The summed E-state index contributed by atoms with van der Waals surface area (Å²) in [6.45, 7) is 6.20. The minimum atomic E-state index is -0.0678. The lowest BCUT2D eigenvalue weighted by Crippen LogP contribution is -2.40. The third-order valence-electron chi connectivity index (χ3n) is 4.85. The minimum absolute atomic E-state index is 0.0678. The molecule has 7 nitrogen and oxygen atoms in total. The molecular weight excluding hydrogens is 386 g/mol. The van der Waals surface area contributed by atoms with Crippen LogP contribution < -0.4 is 15.5 Å². The van der Waals surface area contributed by atoms with E-state index in [9.17, 15) is 9.59 Å². The van der Waals surface area contributed by atoms with E-state index in [0.717, 1.165) is 48.0 Å². The van der Waals surface area contributed by atoms with Gasteiger partial charge in [-0.1, -0.05) is 29.5 Å². The lowest BCUT2D eigenvalue weighted by Gasteiger charge is -2.32. The fourth-order valence-electron chi connectivity index (χ4n) is 3.24. The van der Waals surface area contributed by atoms with Crippen molar-refractivity contribution in [1.82, 2.24) is 15.3 Å². The van der Waals surface area contributed by atoms with Crippen molar-refractivity contribution in [2.45, 2.75) is 31.7 Å². The SMILES string of the molecule is CCNC(=O)C1CCN(c2cc(SCC(=O)Nc3ccc(C)cc3)ncn2)CC1. The number of amides is 2. The molecule has 1 aliphatic heterocycles. The highest BCUT2D eigenvalue weighted by Gasteiger charge is 2.25. The van der Waals surface area contributed by atoms with Crippen molar-refractivity contribution in [3.8, 4) is 0 Å². The van der Waals surface area contributed by atoms with E-state index >= 15 is 0 Å². The summed E-state index contributed by atoms with van der Waals surface area (Å²) in [6.07, 6.45) is 3.17. The smallest absolute Gasteiger partial charge is 0.234 e. The van der Waals surface area contributed by atoms with Gasteiger partial charge >= 0.3 is 0 Å². The van der Waals surface area contributed by atoms with E-state index in [-0.39, 0.29) is 23.5 Å². The first kappa shape index (κ1) is 21.1. The molecule has 3 rings (SSSR count). The minimum Gasteiger partial charge on any atom is -0.356 e. The van der Waals surface area contributed by atoms with Gasteiger partial charge in [-0.05, 0) is 38.8 Å². The highest BCUT2D eigenvalue weighted by Crippen LogP contribution is 2.25. The summed E-state index contributed by atoms with van der Waals surface area (Å²) >= 11 is 1.39. The molecule has 2 N–H and O–H groups in total. The van der Waals surface area contributed by atoms with Gasteiger partial charge < -0.3 is 15.5 Å². The van der Waals surface area contributed by atoms with Gasteiger partial charge in [-0.2, -0.15) is 0 Å². The Morgan fingerprint density at radius 3 is 2.59 bits per heavy atom. The number of anilines is 2. The second-order valence-corrected chi connectivity index (χ2v) is 8.07. The zero-order valence-corrected chi connectivity index (χ0v) is 17.7. The number of benzene rings is 1. The van der Waals surface area contributed by atoms with Gasteiger partial charge in [-0.25, -0.2) is 9.97 Å². The first-order valence-electron chi connectivity index (χ1n) is 9.89. The van der Waals surface area contributed by atoms with Crippen LogP contribution in [-0.4, -0.2) is 47.2 Å². The molecule has 0 saturated carbocycles. The fourth-order valence-corrected chi connectivity index (χ4v) is 3.91. The van der Waals surface area contributed by atoms with Crippen LogP contribution in [0.15, 0.2) is 41.7 Å². The van der Waals surface area contributed by atoms with Gasteiger partial charge in [-0.3, -0.25) is 9.59 Å². The van der Waals surface area contributed by atoms with Gasteiger partial charge in [0.1, 0.15) is 17.2 Å². The van der Waals surface area contributed by atoms with Crippen LogP contribution in [0, 0.1) is 12.8 Å². The van der Waals surface area contributed by atoms with Crippen molar-refractivity contribution in [1.29, 1.82) is 0 Å². The molecule has 29 heavy (non-hydrogen) atoms. The molecule has 2 heterocycles. The molecule has 0 unspecified atom stereocenters. The molecule has 1 fully saturated rings. The molecule has 1 aromatic carbocycles. The Morgan fingerprint density at radius 1 is 1.17 bits per heavy atom. The monoisotopic (exact) mass is 413 g/mol. The maximum absolute atomic E-state index is 12.2. The molecule has 1 saturated heterocycles. The van der Waals surface area contributed by atoms with Crippen molar-refractivity contribution in [2.75, 3.05) is 35.6 Å². The number of aromatic nitrogens is 2. The van der Waals surface area contributed by atoms with Crippen molar-refractivity contribution in [3.63, 3.8) is 0 Å². The lowest BCUT2D eigenvalue weighted by atomic mass is 9.96. The maximum atomic E-state index is 12.2. The molecule has 154 valence electrons. The molecule has 1 aromatic heterocycles. The highest BCUT2D eigenvalue weighted by atomic mass is 32.2. The van der Waals surface area contributed by atoms with Gasteiger partial charge in [0, 0.05) is 37.3 Å². The Morgan fingerprint density at radius 2 is 1.90 bits per heavy atom. The number of carbonyl (C=O) groups is 2. The lowest BCUT2D eigenvalue weighted by molar-refractivity contribution is -0.125.